The van der Waals surface area contributed by atoms with Gasteiger partial charge in [0.25, 0.3) is 11.7 Å². The van der Waals surface area contributed by atoms with Gasteiger partial charge in [-0.3, -0.25) is 19.2 Å². The van der Waals surface area contributed by atoms with Gasteiger partial charge in [0, 0.05) is 67.7 Å². The smallest absolute Gasteiger partial charge is 0.312 e. The summed E-state index contributed by atoms with van der Waals surface area (Å²) in [6.07, 6.45) is 4.80. The predicted molar refractivity (Wildman–Crippen MR) is 240 cm³/mol. The van der Waals surface area contributed by atoms with Crippen LogP contribution in [-0.2, 0) is 28.5 Å². The van der Waals surface area contributed by atoms with Crippen molar-refractivity contribution in [2.24, 2.45) is 17.8 Å². The normalized spacial score (nSPS) is 29.1. The lowest BCUT2D eigenvalue weighted by Crippen LogP contribution is -2.46. The number of carbonyl (C=O) groups is 3. The Balaban J connectivity index is 1.39. The number of aromatic hydroxyl groups is 1. The molecule has 4 aromatic rings. The van der Waals surface area contributed by atoms with Crippen molar-refractivity contribution in [3.05, 3.63) is 80.9 Å². The molecule has 8 rings (SSSR count). The number of phenolic OH excluding ortho intramolecular Hbond substituents is 1. The number of ether oxygens (including phenoxy) is 6. The number of quaternary nitrogens is 1. The Morgan fingerprint density at radius 1 is 1.05 bits per heavy atom. The number of fused-ring (bicyclic) bond motifs is 9. The summed E-state index contributed by atoms with van der Waals surface area (Å²) in [5, 5.41) is 37.9. The fourth-order valence-corrected chi connectivity index (χ4v) is 8.84. The molecule has 1 saturated heterocycles. The molecule has 4 aliphatic rings. The number of hydrogen-bond donors (Lipinski definition) is 3. The third kappa shape index (κ3) is 9.07. The number of esters is 1. The summed E-state index contributed by atoms with van der Waals surface area (Å²) in [4.78, 5) is 60.4. The van der Waals surface area contributed by atoms with Crippen molar-refractivity contribution in [3.8, 4) is 17.2 Å². The van der Waals surface area contributed by atoms with Crippen LogP contribution in [0.25, 0.3) is 33.0 Å². The Morgan fingerprint density at radius 3 is 2.48 bits per heavy atom. The number of methoxy groups -OCH3 is 1. The monoisotopic (exact) mass is 899 g/mol. The first-order valence-corrected chi connectivity index (χ1v) is 21.7. The van der Waals surface area contributed by atoms with E-state index in [1.54, 1.807) is 58.3 Å². The number of allylic oxidation sites excluding steroid dienone is 2. The van der Waals surface area contributed by atoms with Gasteiger partial charge in [0.15, 0.2) is 22.3 Å². The molecule has 1 amide bonds. The van der Waals surface area contributed by atoms with E-state index < -0.39 is 81.6 Å². The van der Waals surface area contributed by atoms with Gasteiger partial charge in [0.05, 0.1) is 62.8 Å². The lowest BCUT2D eigenvalue weighted by molar-refractivity contribution is -0.840. The standard InChI is InChI=1S/C48H57N3O14/c1-23-14-13-15-24(2)47(57)50-37-40(55)34-33(36-44(37)63-32-22-29(16-17-30(32)49-36)60-20-12-11-19-51(8,9)58)35-42(26(4)38(34)53)65-48(7,46(35)56)61-21-18-31(59-10)25(3)43(62-28(6)52)45-39(54)27(5)41(23)64-45/h13-18,21-23,25,27,31,39,41,43,45,54-55H,11-12,19-20H2,1-10H3,(H,50,57)/b14-13+,21-18+,24-15-/t23-,25+,27-,31-,39+,41-,43+,45+,48-/m0/s1. The number of unbranched alkanes of at least 4 members (excludes halogenated alkanes) is 1. The molecule has 1 aromatic heterocycles. The van der Waals surface area contributed by atoms with E-state index in [1.165, 1.54) is 40.2 Å². The summed E-state index contributed by atoms with van der Waals surface area (Å²) in [6, 6.07) is 4.92. The molecule has 17 heteroatoms. The Hall–Kier alpha value is -5.85. The minimum atomic E-state index is -2.05. The molecular formula is C48H57N3O14. The third-order valence-corrected chi connectivity index (χ3v) is 12.5. The lowest BCUT2D eigenvalue weighted by Gasteiger charge is -2.33. The van der Waals surface area contributed by atoms with Gasteiger partial charge in [0.2, 0.25) is 0 Å². The van der Waals surface area contributed by atoms with Crippen molar-refractivity contribution in [2.45, 2.75) is 97.6 Å². The van der Waals surface area contributed by atoms with Gasteiger partial charge < -0.3 is 58.2 Å². The first-order chi connectivity index (χ1) is 30.6. The van der Waals surface area contributed by atoms with Gasteiger partial charge in [-0.05, 0) is 38.5 Å². The first-order valence-electron chi connectivity index (χ1n) is 21.7. The van der Waals surface area contributed by atoms with Gasteiger partial charge in [0.1, 0.15) is 40.4 Å². The fourth-order valence-electron chi connectivity index (χ4n) is 8.84. The molecule has 0 radical (unpaired) electrons. The number of nitrogens with zero attached hydrogens (tertiary/aromatic N) is 2. The van der Waals surface area contributed by atoms with E-state index in [1.807, 2.05) is 19.9 Å². The van der Waals surface area contributed by atoms with Crippen molar-refractivity contribution >= 4 is 56.3 Å². The fraction of sp³-hybridized carbons (Fsp3) is 0.479. The largest absolute Gasteiger partial charge is 0.633 e. The summed E-state index contributed by atoms with van der Waals surface area (Å²) in [6.45, 7) is 11.9. The lowest BCUT2D eigenvalue weighted by atomic mass is 9.86. The number of hydroxylamine groups is 3. The SMILES string of the molecule is CO[C@H]1/C=C/O[C@@]2(C)Oc3c(C)c(=O)c4c(O)c(c5oc6cc(OCCCC[N+](C)(C)[O-])ccc6nc5c4c3C2=O)NC(=O)/C(C)=C\C=C\[C@H](C)[C@@H]2O[C@H]([C@H](O)[C@@H]2C)[C@H](OC(C)=O)[C@@H]1C. The summed E-state index contributed by atoms with van der Waals surface area (Å²) < 4.78 is 42.4. The molecule has 7 bridgehead atoms. The highest BCUT2D eigenvalue weighted by Crippen LogP contribution is 2.48. The number of phenols is 1. The molecule has 4 aliphatic heterocycles. The van der Waals surface area contributed by atoms with Crippen LogP contribution in [0.15, 0.2) is 63.6 Å². The Labute approximate surface area is 375 Å². The summed E-state index contributed by atoms with van der Waals surface area (Å²) >= 11 is 0. The molecule has 3 aromatic carbocycles. The van der Waals surface area contributed by atoms with Gasteiger partial charge in [-0.1, -0.05) is 39.0 Å². The van der Waals surface area contributed by atoms with Crippen LogP contribution in [0.1, 0.15) is 70.3 Å². The number of amides is 1. The molecule has 0 spiro atoms. The number of carbonyl (C=O) groups excluding carboxylic acids is 3. The van der Waals surface area contributed by atoms with Crippen molar-refractivity contribution in [3.63, 3.8) is 0 Å². The second kappa shape index (κ2) is 18.2. The number of rotatable bonds is 8. The molecular weight excluding hydrogens is 843 g/mol. The maximum atomic E-state index is 14.7. The second-order valence-corrected chi connectivity index (χ2v) is 17.9. The average Bonchev–Trinajstić information content (AvgIpc) is 3.69. The second-order valence-electron chi connectivity index (χ2n) is 17.9. The van der Waals surface area contributed by atoms with E-state index in [9.17, 15) is 34.6 Å². The minimum Gasteiger partial charge on any atom is -0.633 e. The molecule has 17 nitrogen and oxygen atoms in total. The Morgan fingerprint density at radius 2 is 1.78 bits per heavy atom. The molecule has 65 heavy (non-hydrogen) atoms. The van der Waals surface area contributed by atoms with Crippen molar-refractivity contribution < 1.29 is 62.1 Å². The van der Waals surface area contributed by atoms with Crippen LogP contribution in [0.3, 0.4) is 0 Å². The van der Waals surface area contributed by atoms with Crippen LogP contribution >= 0.6 is 0 Å². The number of aromatic nitrogens is 1. The zero-order valence-electron chi connectivity index (χ0n) is 38.3. The Bertz CT molecular complexity index is 2700. The summed E-state index contributed by atoms with van der Waals surface area (Å²) in [7, 11) is 4.61. The molecule has 0 aliphatic carbocycles. The van der Waals surface area contributed by atoms with Gasteiger partial charge in [-0.2, -0.15) is 0 Å². The summed E-state index contributed by atoms with van der Waals surface area (Å²) in [5.41, 5.74) is -0.549. The number of aliphatic hydroxyl groups is 1. The molecule has 0 unspecified atom stereocenters. The van der Waals surface area contributed by atoms with Crippen LogP contribution in [0.4, 0.5) is 5.69 Å². The molecule has 1 fully saturated rings. The number of hydrogen-bond acceptors (Lipinski definition) is 15. The Kier molecular flexibility index (Phi) is 13.2. The summed E-state index contributed by atoms with van der Waals surface area (Å²) in [5.74, 6) is -5.65. The number of anilines is 1. The highest BCUT2D eigenvalue weighted by Gasteiger charge is 2.51. The first kappa shape index (κ1) is 47.1. The van der Waals surface area contributed by atoms with Crippen LogP contribution in [0.5, 0.6) is 17.2 Å². The molecule has 9 atom stereocenters. The van der Waals surface area contributed by atoms with Gasteiger partial charge in [-0.25, -0.2) is 4.98 Å². The van der Waals surface area contributed by atoms with Crippen LogP contribution in [0, 0.1) is 29.9 Å². The maximum absolute atomic E-state index is 14.7. The number of Topliss-reactive ketones (excluding diaryl/α,β-unsaturated/α-hetero) is 1. The van der Waals surface area contributed by atoms with Crippen LogP contribution in [0.2, 0.25) is 0 Å². The zero-order valence-corrected chi connectivity index (χ0v) is 38.3. The maximum Gasteiger partial charge on any atom is 0.312 e. The number of benzene rings is 3. The number of aliphatic hydroxyl groups excluding tert-OH is 1. The molecule has 3 N–H and O–H groups in total. The number of ketones is 1. The van der Waals surface area contributed by atoms with E-state index in [-0.39, 0.29) is 61.5 Å². The topological polar surface area (TPSA) is 225 Å². The third-order valence-electron chi connectivity index (χ3n) is 12.5. The van der Waals surface area contributed by atoms with E-state index in [0.29, 0.717) is 37.3 Å². The zero-order chi connectivity index (χ0) is 47.3. The molecule has 348 valence electrons. The molecule has 5 heterocycles. The van der Waals surface area contributed by atoms with E-state index in [2.05, 4.69) is 5.32 Å². The van der Waals surface area contributed by atoms with Crippen LogP contribution in [-0.4, -0.2) is 108 Å². The van der Waals surface area contributed by atoms with Crippen molar-refractivity contribution in [2.75, 3.05) is 39.7 Å². The van der Waals surface area contributed by atoms with Crippen LogP contribution < -0.4 is 20.2 Å². The highest BCUT2D eigenvalue weighted by atomic mass is 16.7. The average molecular weight is 900 g/mol. The molecule has 0 saturated carbocycles. The predicted octanol–water partition coefficient (Wildman–Crippen LogP) is 6.50. The van der Waals surface area contributed by atoms with E-state index in [4.69, 9.17) is 37.8 Å². The van der Waals surface area contributed by atoms with E-state index in [0.717, 1.165) is 0 Å². The van der Waals surface area contributed by atoms with Gasteiger partial charge in [-0.15, -0.1) is 0 Å². The quantitative estimate of drug-likeness (QED) is 0.0326. The van der Waals surface area contributed by atoms with E-state index >= 15 is 0 Å². The highest BCUT2D eigenvalue weighted by molar-refractivity contribution is 6.26. The van der Waals surface area contributed by atoms with Crippen molar-refractivity contribution in [1.29, 1.82) is 0 Å². The minimum absolute atomic E-state index is 0.0126. The number of nitrogens with one attached hydrogen (secondary N) is 1. The van der Waals surface area contributed by atoms with Crippen molar-refractivity contribution in [1.82, 2.24) is 4.98 Å². The van der Waals surface area contributed by atoms with Gasteiger partial charge >= 0.3 is 11.8 Å².